The second-order valence-electron chi connectivity index (χ2n) is 11.9. The average Bonchev–Trinajstić information content (AvgIpc) is 3.33. The van der Waals surface area contributed by atoms with Crippen molar-refractivity contribution in [1.29, 1.82) is 0 Å². The molecule has 1 N–H and O–H groups in total. The van der Waals surface area contributed by atoms with Crippen molar-refractivity contribution in [3.8, 4) is 11.4 Å². The van der Waals surface area contributed by atoms with Crippen LogP contribution in [0.3, 0.4) is 0 Å². The number of pyridine rings is 1. The van der Waals surface area contributed by atoms with Crippen molar-refractivity contribution >= 4 is 40.2 Å². The van der Waals surface area contributed by atoms with Crippen LogP contribution in [0.5, 0.6) is 5.75 Å². The van der Waals surface area contributed by atoms with Crippen molar-refractivity contribution in [1.82, 2.24) is 0 Å². The number of ether oxygens (including phenoxy) is 1. The van der Waals surface area contributed by atoms with E-state index in [1.54, 1.807) is 7.11 Å². The molecule has 1 aliphatic heterocycles. The normalized spacial score (nSPS) is 14.0. The fourth-order valence-corrected chi connectivity index (χ4v) is 6.92. The SMILES string of the molecule is CCCCN(CCC[N+](C)(C)CCO)c1cc(C=C2Sc3ccccc3N2C)c2ccc(OC)cc2[n+]1-c1ccccc1. The van der Waals surface area contributed by atoms with Crippen LogP contribution in [0.1, 0.15) is 31.7 Å². The van der Waals surface area contributed by atoms with Gasteiger partial charge in [-0.1, -0.05) is 55.4 Å². The van der Waals surface area contributed by atoms with E-state index in [0.29, 0.717) is 0 Å². The van der Waals surface area contributed by atoms with E-state index in [1.165, 1.54) is 32.4 Å². The molecule has 5 rings (SSSR count). The van der Waals surface area contributed by atoms with Crippen LogP contribution >= 0.6 is 11.8 Å². The molecule has 1 aliphatic rings. The summed E-state index contributed by atoms with van der Waals surface area (Å²) in [6, 6.07) is 28.1. The minimum Gasteiger partial charge on any atom is -0.497 e. The number of aliphatic hydroxyl groups is 1. The monoisotopic (exact) mass is 598 g/mol. The molecule has 0 amide bonds. The number of benzene rings is 3. The van der Waals surface area contributed by atoms with Crippen molar-refractivity contribution in [2.45, 2.75) is 31.1 Å². The number of hydrogen-bond donors (Lipinski definition) is 1. The van der Waals surface area contributed by atoms with Crippen LogP contribution in [0.2, 0.25) is 0 Å². The molecule has 0 unspecified atom stereocenters. The number of quaternary nitrogens is 1. The number of aliphatic hydroxyl groups excluding tert-OH is 1. The summed E-state index contributed by atoms with van der Waals surface area (Å²) < 4.78 is 8.98. The Hall–Kier alpha value is -3.52. The van der Waals surface area contributed by atoms with Crippen molar-refractivity contribution in [3.05, 3.63) is 89.5 Å². The number of nitrogens with zero attached hydrogens (tertiary/aromatic N) is 4. The first kappa shape index (κ1) is 30.9. The smallest absolute Gasteiger partial charge is 0.282 e. The average molecular weight is 599 g/mol. The molecular formula is C36H46N4O2S+2. The largest absolute Gasteiger partial charge is 0.497 e. The first-order valence-corrected chi connectivity index (χ1v) is 16.2. The van der Waals surface area contributed by atoms with E-state index in [2.05, 4.69) is 127 Å². The van der Waals surface area contributed by atoms with Gasteiger partial charge in [0.05, 0.1) is 58.2 Å². The van der Waals surface area contributed by atoms with Crippen molar-refractivity contribution in [2.75, 3.05) is 70.8 Å². The highest BCUT2D eigenvalue weighted by Crippen LogP contribution is 2.46. The maximum atomic E-state index is 9.58. The Morgan fingerprint density at radius 1 is 0.953 bits per heavy atom. The molecule has 0 spiro atoms. The highest BCUT2D eigenvalue weighted by Gasteiger charge is 2.28. The van der Waals surface area contributed by atoms with Crippen molar-refractivity contribution in [2.24, 2.45) is 0 Å². The van der Waals surface area contributed by atoms with Crippen LogP contribution in [0.25, 0.3) is 22.7 Å². The van der Waals surface area contributed by atoms with Crippen molar-refractivity contribution in [3.63, 3.8) is 0 Å². The summed E-state index contributed by atoms with van der Waals surface area (Å²) in [6.07, 6.45) is 5.62. The Bertz CT molecular complexity index is 1570. The molecule has 0 saturated heterocycles. The molecule has 0 saturated carbocycles. The Kier molecular flexibility index (Phi) is 9.96. The van der Waals surface area contributed by atoms with Crippen LogP contribution < -0.4 is 19.1 Å². The van der Waals surface area contributed by atoms with Crippen LogP contribution in [-0.2, 0) is 0 Å². The summed E-state index contributed by atoms with van der Waals surface area (Å²) in [5.74, 6) is 2.03. The number of unbranched alkanes of at least 4 members (excludes halogenated alkanes) is 1. The van der Waals surface area contributed by atoms with Crippen LogP contribution in [0.15, 0.2) is 88.8 Å². The maximum Gasteiger partial charge on any atom is 0.282 e. The van der Waals surface area contributed by atoms with Gasteiger partial charge >= 0.3 is 0 Å². The maximum absolute atomic E-state index is 9.58. The number of rotatable bonds is 13. The zero-order valence-corrected chi connectivity index (χ0v) is 27.1. The van der Waals surface area contributed by atoms with E-state index in [9.17, 15) is 5.11 Å². The molecule has 0 aliphatic carbocycles. The van der Waals surface area contributed by atoms with Gasteiger partial charge in [-0.15, -0.1) is 0 Å². The molecule has 0 atom stereocenters. The van der Waals surface area contributed by atoms with Crippen LogP contribution in [-0.4, -0.2) is 70.6 Å². The zero-order valence-electron chi connectivity index (χ0n) is 26.3. The molecule has 0 fully saturated rings. The fourth-order valence-electron chi connectivity index (χ4n) is 5.81. The van der Waals surface area contributed by atoms with Gasteiger partial charge in [-0.25, -0.2) is 0 Å². The predicted molar refractivity (Wildman–Crippen MR) is 181 cm³/mol. The predicted octanol–water partition coefficient (Wildman–Crippen LogP) is 6.73. The third-order valence-electron chi connectivity index (χ3n) is 8.34. The first-order chi connectivity index (χ1) is 20.8. The lowest BCUT2D eigenvalue weighted by atomic mass is 10.1. The number of methoxy groups -OCH3 is 1. The number of para-hydroxylation sites is 2. The van der Waals surface area contributed by atoms with Crippen LogP contribution in [0, 0.1) is 0 Å². The quantitative estimate of drug-likeness (QED) is 0.137. The minimum absolute atomic E-state index is 0.210. The summed E-state index contributed by atoms with van der Waals surface area (Å²) >= 11 is 1.82. The number of fused-ring (bicyclic) bond motifs is 2. The number of hydrogen-bond acceptors (Lipinski definition) is 5. The van der Waals surface area contributed by atoms with Gasteiger partial charge < -0.3 is 19.2 Å². The third kappa shape index (κ3) is 7.01. The van der Waals surface area contributed by atoms with E-state index >= 15 is 0 Å². The minimum atomic E-state index is 0.210. The van der Waals surface area contributed by atoms with E-state index in [1.807, 2.05) is 11.8 Å². The Morgan fingerprint density at radius 3 is 2.42 bits per heavy atom. The second kappa shape index (κ2) is 13.8. The highest BCUT2D eigenvalue weighted by molar-refractivity contribution is 8.03. The summed E-state index contributed by atoms with van der Waals surface area (Å²) in [4.78, 5) is 6.14. The second-order valence-corrected chi connectivity index (χ2v) is 13.0. The van der Waals surface area contributed by atoms with E-state index in [4.69, 9.17) is 4.74 Å². The van der Waals surface area contributed by atoms with Gasteiger partial charge in [-0.2, -0.15) is 4.57 Å². The van der Waals surface area contributed by atoms with Gasteiger partial charge in [-0.05, 0) is 54.5 Å². The number of aromatic nitrogens is 1. The number of likely N-dealkylation sites (N-methyl/N-ethyl adjacent to an activating group) is 1. The Morgan fingerprint density at radius 2 is 1.70 bits per heavy atom. The Labute approximate surface area is 261 Å². The molecule has 4 aromatic rings. The standard InChI is InChI=1S/C36H46N4O2S/c1-6-7-20-38(21-13-22-40(3,4)23-24-41)35-25-28(26-36-37(2)32-16-11-12-17-34(32)43-36)31-19-18-30(42-5)27-33(31)39(35)29-14-9-8-10-15-29/h8-12,14-19,25-27,41H,6-7,13,20-24H2,1-5H3/q+2. The molecule has 0 bridgehead atoms. The first-order valence-electron chi connectivity index (χ1n) is 15.4. The summed E-state index contributed by atoms with van der Waals surface area (Å²) in [6.45, 7) is 6.15. The number of thioether (sulfide) groups is 1. The van der Waals surface area contributed by atoms with Crippen LogP contribution in [0.4, 0.5) is 11.5 Å². The van der Waals surface area contributed by atoms with Gasteiger partial charge in [0, 0.05) is 35.9 Å². The third-order valence-corrected chi connectivity index (χ3v) is 9.50. The van der Waals surface area contributed by atoms with Gasteiger partial charge in [0.25, 0.3) is 5.82 Å². The van der Waals surface area contributed by atoms with Gasteiger partial charge in [0.1, 0.15) is 23.5 Å². The van der Waals surface area contributed by atoms with Gasteiger partial charge in [0.2, 0.25) is 0 Å². The highest BCUT2D eigenvalue weighted by atomic mass is 32.2. The number of anilines is 2. The molecular weight excluding hydrogens is 552 g/mol. The lowest BCUT2D eigenvalue weighted by Crippen LogP contribution is -2.45. The summed E-state index contributed by atoms with van der Waals surface area (Å²) in [5.41, 5.74) is 4.69. The molecule has 43 heavy (non-hydrogen) atoms. The molecule has 1 aromatic heterocycles. The molecule has 6 nitrogen and oxygen atoms in total. The molecule has 7 heteroatoms. The Balaban J connectivity index is 1.68. The van der Waals surface area contributed by atoms with Gasteiger partial charge in [0.15, 0.2) is 0 Å². The molecule has 2 heterocycles. The zero-order chi connectivity index (χ0) is 30.4. The molecule has 0 radical (unpaired) electrons. The molecule has 3 aromatic carbocycles. The summed E-state index contributed by atoms with van der Waals surface area (Å²) in [7, 11) is 8.31. The lowest BCUT2D eigenvalue weighted by molar-refractivity contribution is -0.890. The lowest BCUT2D eigenvalue weighted by Gasteiger charge is -2.29. The van der Waals surface area contributed by atoms with E-state index in [0.717, 1.165) is 66.9 Å². The van der Waals surface area contributed by atoms with E-state index < -0.39 is 0 Å². The van der Waals surface area contributed by atoms with E-state index in [-0.39, 0.29) is 6.61 Å². The van der Waals surface area contributed by atoms with Crippen molar-refractivity contribution < 1.29 is 18.9 Å². The fraction of sp³-hybridized carbons (Fsp3) is 0.361. The molecule has 226 valence electrons. The topological polar surface area (TPSA) is 39.8 Å². The van der Waals surface area contributed by atoms with Gasteiger partial charge in [-0.3, -0.25) is 4.90 Å². The summed E-state index contributed by atoms with van der Waals surface area (Å²) in [5, 5.41) is 12.0.